The first-order valence-electron chi connectivity index (χ1n) is 19.6. The number of rotatable bonds is 8. The quantitative estimate of drug-likeness (QED) is 0.141. The molecule has 10 rings (SSSR count). The Hall–Kier alpha value is -7.48. The van der Waals surface area contributed by atoms with Crippen molar-refractivity contribution in [2.45, 2.75) is 0 Å². The molecule has 268 valence electrons. The van der Waals surface area contributed by atoms with Gasteiger partial charge in [0.25, 0.3) is 0 Å². The Morgan fingerprint density at radius 1 is 0.228 bits per heavy atom. The molecule has 0 radical (unpaired) electrons. The Kier molecular flexibility index (Phi) is 8.95. The topological polar surface area (TPSA) is 3.24 Å². The van der Waals surface area contributed by atoms with Crippen molar-refractivity contribution in [3.8, 4) is 55.6 Å². The molecular formula is C56H39N. The van der Waals surface area contributed by atoms with Gasteiger partial charge in [-0.2, -0.15) is 0 Å². The fourth-order valence-electron chi connectivity index (χ4n) is 8.41. The summed E-state index contributed by atoms with van der Waals surface area (Å²) in [6.07, 6.45) is 0. The van der Waals surface area contributed by atoms with Gasteiger partial charge in [-0.25, -0.2) is 0 Å². The smallest absolute Gasteiger partial charge is 0.0467 e. The van der Waals surface area contributed by atoms with Crippen LogP contribution < -0.4 is 4.90 Å². The highest BCUT2D eigenvalue weighted by Gasteiger charge is 2.21. The van der Waals surface area contributed by atoms with E-state index in [1.165, 1.54) is 77.2 Å². The first-order valence-corrected chi connectivity index (χ1v) is 19.6. The summed E-state index contributed by atoms with van der Waals surface area (Å²) in [5.41, 5.74) is 15.4. The summed E-state index contributed by atoms with van der Waals surface area (Å²) in [4.78, 5) is 2.37. The Morgan fingerprint density at radius 2 is 0.649 bits per heavy atom. The van der Waals surface area contributed by atoms with Gasteiger partial charge in [-0.1, -0.05) is 200 Å². The second kappa shape index (κ2) is 15.0. The Balaban J connectivity index is 1.15. The molecule has 1 heteroatoms. The summed E-state index contributed by atoms with van der Waals surface area (Å²) < 4.78 is 0. The lowest BCUT2D eigenvalue weighted by Gasteiger charge is -2.27. The van der Waals surface area contributed by atoms with Crippen LogP contribution in [-0.2, 0) is 0 Å². The lowest BCUT2D eigenvalue weighted by molar-refractivity contribution is 1.28. The zero-order valence-corrected chi connectivity index (χ0v) is 31.5. The van der Waals surface area contributed by atoms with Crippen LogP contribution in [0, 0.1) is 0 Å². The van der Waals surface area contributed by atoms with E-state index in [0.717, 1.165) is 17.1 Å². The van der Waals surface area contributed by atoms with Crippen LogP contribution >= 0.6 is 0 Å². The average molecular weight is 726 g/mol. The standard InChI is InChI=1S/C56H39N/c1-5-17-40(18-6-1)42-31-35-47(36-32-42)57(49-26-15-25-46(39-49)41-19-7-2-8-20-41)48-37-33-43(34-38-48)50-29-16-30-53-51-27-13-14-28-52(51)54(44-21-9-3-10-22-44)55(56(50)53)45-23-11-4-12-24-45/h1-39H. The van der Waals surface area contributed by atoms with Crippen LogP contribution in [0.15, 0.2) is 237 Å². The van der Waals surface area contributed by atoms with E-state index in [-0.39, 0.29) is 0 Å². The lowest BCUT2D eigenvalue weighted by Crippen LogP contribution is -2.10. The minimum atomic E-state index is 1.09. The lowest BCUT2D eigenvalue weighted by atomic mass is 9.82. The number of anilines is 3. The maximum atomic E-state index is 2.37. The van der Waals surface area contributed by atoms with Gasteiger partial charge in [0.2, 0.25) is 0 Å². The van der Waals surface area contributed by atoms with Gasteiger partial charge in [0.1, 0.15) is 0 Å². The number of hydrogen-bond donors (Lipinski definition) is 0. The number of benzene rings is 10. The molecule has 0 spiro atoms. The third-order valence-corrected chi connectivity index (χ3v) is 11.1. The van der Waals surface area contributed by atoms with Crippen molar-refractivity contribution in [2.24, 2.45) is 0 Å². The third kappa shape index (κ3) is 6.46. The van der Waals surface area contributed by atoms with E-state index in [4.69, 9.17) is 0 Å². The summed E-state index contributed by atoms with van der Waals surface area (Å²) in [7, 11) is 0. The predicted molar refractivity (Wildman–Crippen MR) is 243 cm³/mol. The highest BCUT2D eigenvalue weighted by Crippen LogP contribution is 2.48. The number of nitrogens with zero attached hydrogens (tertiary/aromatic N) is 1. The molecule has 0 aromatic heterocycles. The molecule has 0 unspecified atom stereocenters. The molecule has 0 bridgehead atoms. The summed E-state index contributed by atoms with van der Waals surface area (Å²) in [5, 5.41) is 5.03. The monoisotopic (exact) mass is 725 g/mol. The van der Waals surface area contributed by atoms with E-state index in [0.29, 0.717) is 0 Å². The summed E-state index contributed by atoms with van der Waals surface area (Å²) in [5.74, 6) is 0. The molecule has 1 nitrogen and oxygen atoms in total. The van der Waals surface area contributed by atoms with Crippen molar-refractivity contribution in [3.05, 3.63) is 237 Å². The molecule has 0 saturated carbocycles. The molecule has 0 heterocycles. The van der Waals surface area contributed by atoms with Crippen molar-refractivity contribution in [3.63, 3.8) is 0 Å². The van der Waals surface area contributed by atoms with Crippen molar-refractivity contribution in [1.82, 2.24) is 0 Å². The van der Waals surface area contributed by atoms with Crippen molar-refractivity contribution in [2.75, 3.05) is 4.90 Å². The van der Waals surface area contributed by atoms with Gasteiger partial charge < -0.3 is 4.90 Å². The largest absolute Gasteiger partial charge is 0.310 e. The van der Waals surface area contributed by atoms with Gasteiger partial charge >= 0.3 is 0 Å². The molecule has 0 atom stereocenters. The second-order valence-electron chi connectivity index (χ2n) is 14.5. The van der Waals surface area contributed by atoms with Crippen LogP contribution in [-0.4, -0.2) is 0 Å². The van der Waals surface area contributed by atoms with E-state index in [9.17, 15) is 0 Å². The molecule has 0 N–H and O–H groups in total. The fraction of sp³-hybridized carbons (Fsp3) is 0. The van der Waals surface area contributed by atoms with Gasteiger partial charge in [0.05, 0.1) is 0 Å². The predicted octanol–water partition coefficient (Wildman–Crippen LogP) is 15.8. The fourth-order valence-corrected chi connectivity index (χ4v) is 8.41. The third-order valence-electron chi connectivity index (χ3n) is 11.1. The number of fused-ring (bicyclic) bond motifs is 3. The molecule has 10 aromatic rings. The molecule has 0 aliphatic carbocycles. The van der Waals surface area contributed by atoms with Crippen LogP contribution in [0.2, 0.25) is 0 Å². The summed E-state index contributed by atoms with van der Waals surface area (Å²) in [6.45, 7) is 0. The molecule has 0 amide bonds. The van der Waals surface area contributed by atoms with E-state index in [1.54, 1.807) is 0 Å². The van der Waals surface area contributed by atoms with Gasteiger partial charge in [-0.3, -0.25) is 0 Å². The van der Waals surface area contributed by atoms with Crippen molar-refractivity contribution < 1.29 is 0 Å². The zero-order chi connectivity index (χ0) is 38.0. The molecule has 57 heavy (non-hydrogen) atoms. The SMILES string of the molecule is c1ccc(-c2ccc(N(c3ccc(-c4cccc5c4c(-c4ccccc4)c(-c4ccccc4)c4ccccc45)cc3)c3cccc(-c4ccccc4)c3)cc2)cc1. The van der Waals surface area contributed by atoms with E-state index in [1.807, 2.05) is 0 Å². The Bertz CT molecular complexity index is 2950. The molecule has 0 aliphatic heterocycles. The highest BCUT2D eigenvalue weighted by atomic mass is 15.1. The average Bonchev–Trinajstić information content (AvgIpc) is 3.30. The minimum Gasteiger partial charge on any atom is -0.310 e. The summed E-state index contributed by atoms with van der Waals surface area (Å²) >= 11 is 0. The molecule has 10 aromatic carbocycles. The number of hydrogen-bond acceptors (Lipinski definition) is 1. The molecular weight excluding hydrogens is 687 g/mol. The van der Waals surface area contributed by atoms with Crippen molar-refractivity contribution >= 4 is 38.6 Å². The van der Waals surface area contributed by atoms with Gasteiger partial charge in [-0.05, 0) is 114 Å². The Morgan fingerprint density at radius 3 is 1.25 bits per heavy atom. The minimum absolute atomic E-state index is 1.09. The van der Waals surface area contributed by atoms with Gasteiger partial charge in [0, 0.05) is 17.1 Å². The highest BCUT2D eigenvalue weighted by molar-refractivity contribution is 6.24. The van der Waals surface area contributed by atoms with E-state index in [2.05, 4.69) is 241 Å². The first-order chi connectivity index (χ1) is 28.3. The van der Waals surface area contributed by atoms with Crippen molar-refractivity contribution in [1.29, 1.82) is 0 Å². The van der Waals surface area contributed by atoms with Crippen LogP contribution in [0.1, 0.15) is 0 Å². The van der Waals surface area contributed by atoms with Gasteiger partial charge in [-0.15, -0.1) is 0 Å². The maximum absolute atomic E-state index is 2.37. The molecule has 0 fully saturated rings. The van der Waals surface area contributed by atoms with Crippen LogP contribution in [0.3, 0.4) is 0 Å². The van der Waals surface area contributed by atoms with Gasteiger partial charge in [0.15, 0.2) is 0 Å². The zero-order valence-electron chi connectivity index (χ0n) is 31.5. The first kappa shape index (κ1) is 34.0. The van der Waals surface area contributed by atoms with Crippen LogP contribution in [0.25, 0.3) is 77.2 Å². The van der Waals surface area contributed by atoms with E-state index >= 15 is 0 Å². The normalized spacial score (nSPS) is 11.2. The Labute approximate surface area is 334 Å². The second-order valence-corrected chi connectivity index (χ2v) is 14.5. The van der Waals surface area contributed by atoms with Crippen LogP contribution in [0.5, 0.6) is 0 Å². The maximum Gasteiger partial charge on any atom is 0.0467 e. The van der Waals surface area contributed by atoms with E-state index < -0.39 is 0 Å². The van der Waals surface area contributed by atoms with Crippen LogP contribution in [0.4, 0.5) is 17.1 Å². The molecule has 0 saturated heterocycles. The summed E-state index contributed by atoms with van der Waals surface area (Å²) in [6, 6.07) is 85.5. The molecule has 0 aliphatic rings.